The molecule has 0 amide bonds. The first kappa shape index (κ1) is 16.4. The van der Waals surface area contributed by atoms with Gasteiger partial charge in [-0.25, -0.2) is 0 Å². The Hall–Kier alpha value is -1.64. The van der Waals surface area contributed by atoms with Gasteiger partial charge in [0, 0.05) is 12.1 Å². The Bertz CT molecular complexity index is 404. The van der Waals surface area contributed by atoms with Crippen LogP contribution in [0, 0.1) is 0 Å². The largest absolute Gasteiger partial charge is 0.328 e. The van der Waals surface area contributed by atoms with Gasteiger partial charge < -0.3 is 11.5 Å². The lowest BCUT2D eigenvalue weighted by Crippen LogP contribution is -2.17. The van der Waals surface area contributed by atoms with Crippen LogP contribution in [0.25, 0.3) is 0 Å². The van der Waals surface area contributed by atoms with E-state index in [1.165, 1.54) is 11.1 Å². The monoisotopic (exact) mass is 270 g/mol. The highest BCUT2D eigenvalue weighted by atomic mass is 14.6. The highest BCUT2D eigenvalue weighted by molar-refractivity contribution is 5.16. The molecule has 0 bridgehead atoms. The van der Waals surface area contributed by atoms with Gasteiger partial charge in [0.2, 0.25) is 0 Å². The first-order valence-corrected chi connectivity index (χ1v) is 7.17. The van der Waals surface area contributed by atoms with Gasteiger partial charge in [-0.3, -0.25) is 0 Å². The summed E-state index contributed by atoms with van der Waals surface area (Å²) in [7, 11) is 0. The van der Waals surface area contributed by atoms with Crippen molar-refractivity contribution >= 4 is 0 Å². The molecular formula is C18H26N2. The maximum Gasteiger partial charge on any atom is 0.00509 e. The summed E-state index contributed by atoms with van der Waals surface area (Å²) in [5, 5.41) is 0. The van der Waals surface area contributed by atoms with E-state index in [0.29, 0.717) is 0 Å². The number of hydrogen-bond acceptors (Lipinski definition) is 2. The topological polar surface area (TPSA) is 52.0 Å². The molecule has 0 aliphatic rings. The summed E-state index contributed by atoms with van der Waals surface area (Å²) in [5.41, 5.74) is 13.9. The van der Waals surface area contributed by atoms with Crippen LogP contribution in [0.5, 0.6) is 0 Å². The third-order valence-electron chi connectivity index (χ3n) is 2.80. The second kappa shape index (κ2) is 9.29. The van der Waals surface area contributed by atoms with Crippen LogP contribution in [0.1, 0.15) is 25.0 Å². The van der Waals surface area contributed by atoms with Crippen LogP contribution in [0.3, 0.4) is 0 Å². The van der Waals surface area contributed by atoms with Crippen LogP contribution in [0.4, 0.5) is 0 Å². The van der Waals surface area contributed by atoms with E-state index in [1.807, 2.05) is 50.2 Å². The van der Waals surface area contributed by atoms with Crippen LogP contribution in [0.15, 0.2) is 60.7 Å². The molecule has 0 fully saturated rings. The lowest BCUT2D eigenvalue weighted by atomic mass is 10.1. The molecule has 2 aromatic carbocycles. The van der Waals surface area contributed by atoms with Gasteiger partial charge >= 0.3 is 0 Å². The minimum Gasteiger partial charge on any atom is -0.328 e. The van der Waals surface area contributed by atoms with Gasteiger partial charge in [0.05, 0.1) is 0 Å². The van der Waals surface area contributed by atoms with Gasteiger partial charge in [-0.2, -0.15) is 0 Å². The lowest BCUT2D eigenvalue weighted by Gasteiger charge is -2.02. The molecule has 108 valence electrons. The van der Waals surface area contributed by atoms with E-state index in [-0.39, 0.29) is 12.1 Å². The third-order valence-corrected chi connectivity index (χ3v) is 2.80. The Morgan fingerprint density at radius 1 is 0.650 bits per heavy atom. The summed E-state index contributed by atoms with van der Waals surface area (Å²) in [6.45, 7) is 4.04. The van der Waals surface area contributed by atoms with Crippen molar-refractivity contribution in [3.63, 3.8) is 0 Å². The quantitative estimate of drug-likeness (QED) is 0.896. The molecule has 0 saturated carbocycles. The molecular weight excluding hydrogens is 244 g/mol. The van der Waals surface area contributed by atoms with Crippen molar-refractivity contribution < 1.29 is 0 Å². The predicted molar refractivity (Wildman–Crippen MR) is 87.6 cm³/mol. The Morgan fingerprint density at radius 2 is 0.950 bits per heavy atom. The summed E-state index contributed by atoms with van der Waals surface area (Å²) in [5.74, 6) is 0. The Labute approximate surface area is 122 Å². The number of nitrogens with two attached hydrogens (primary N) is 2. The number of benzene rings is 2. The number of hydrogen-bond donors (Lipinski definition) is 2. The fourth-order valence-electron chi connectivity index (χ4n) is 1.97. The molecule has 0 saturated heterocycles. The zero-order chi connectivity index (χ0) is 14.8. The van der Waals surface area contributed by atoms with Crippen molar-refractivity contribution in [1.82, 2.24) is 0 Å². The fraction of sp³-hybridized carbons (Fsp3) is 0.333. The van der Waals surface area contributed by atoms with Crippen molar-refractivity contribution in [1.29, 1.82) is 0 Å². The van der Waals surface area contributed by atoms with E-state index in [9.17, 15) is 0 Å². The minimum atomic E-state index is 0.266. The molecule has 0 aliphatic carbocycles. The molecule has 2 atom stereocenters. The van der Waals surface area contributed by atoms with E-state index in [1.54, 1.807) is 0 Å². The normalized spacial score (nSPS) is 13.0. The molecule has 0 radical (unpaired) electrons. The summed E-state index contributed by atoms with van der Waals surface area (Å²) in [6, 6.07) is 21.1. The smallest absolute Gasteiger partial charge is 0.00509 e. The molecule has 1 unspecified atom stereocenters. The molecule has 2 heteroatoms. The average molecular weight is 270 g/mol. The van der Waals surface area contributed by atoms with Crippen LogP contribution in [-0.2, 0) is 12.8 Å². The molecule has 0 heterocycles. The van der Waals surface area contributed by atoms with E-state index in [4.69, 9.17) is 11.5 Å². The zero-order valence-electron chi connectivity index (χ0n) is 12.5. The molecule has 0 aliphatic heterocycles. The average Bonchev–Trinajstić information content (AvgIpc) is 2.40. The van der Waals surface area contributed by atoms with Crippen LogP contribution in [0.2, 0.25) is 0 Å². The minimum absolute atomic E-state index is 0.266. The molecule has 2 aromatic rings. The van der Waals surface area contributed by atoms with Gasteiger partial charge in [0.25, 0.3) is 0 Å². The summed E-state index contributed by atoms with van der Waals surface area (Å²) in [6.07, 6.45) is 1.95. The molecule has 2 rings (SSSR count). The van der Waals surface area contributed by atoms with Crippen molar-refractivity contribution in [2.45, 2.75) is 38.8 Å². The highest BCUT2D eigenvalue weighted by Crippen LogP contribution is 2.01. The number of rotatable bonds is 4. The molecule has 4 N–H and O–H groups in total. The maximum atomic E-state index is 5.62. The first-order valence-electron chi connectivity index (χ1n) is 7.17. The van der Waals surface area contributed by atoms with Crippen molar-refractivity contribution in [3.8, 4) is 0 Å². The van der Waals surface area contributed by atoms with Gasteiger partial charge in [0.15, 0.2) is 0 Å². The van der Waals surface area contributed by atoms with Gasteiger partial charge in [-0.05, 0) is 37.8 Å². The maximum absolute atomic E-state index is 5.62. The Balaban J connectivity index is 0.000000200. The van der Waals surface area contributed by atoms with Crippen LogP contribution >= 0.6 is 0 Å². The third kappa shape index (κ3) is 7.72. The van der Waals surface area contributed by atoms with E-state index < -0.39 is 0 Å². The summed E-state index contributed by atoms with van der Waals surface area (Å²) in [4.78, 5) is 0. The van der Waals surface area contributed by atoms with Gasteiger partial charge in [0.1, 0.15) is 0 Å². The summed E-state index contributed by atoms with van der Waals surface area (Å²) >= 11 is 0. The van der Waals surface area contributed by atoms with Crippen LogP contribution < -0.4 is 11.5 Å². The standard InChI is InChI=1S/2C9H13N/c2*1-8(10)7-9-5-3-2-4-6-9/h2*2-6,8H,7,10H2,1H3/t8-;/m0./s1. The van der Waals surface area contributed by atoms with E-state index in [0.717, 1.165) is 12.8 Å². The Morgan fingerprint density at radius 3 is 1.20 bits per heavy atom. The zero-order valence-corrected chi connectivity index (χ0v) is 12.5. The highest BCUT2D eigenvalue weighted by Gasteiger charge is 1.95. The second-order valence-corrected chi connectivity index (χ2v) is 5.33. The van der Waals surface area contributed by atoms with Crippen LogP contribution in [-0.4, -0.2) is 12.1 Å². The van der Waals surface area contributed by atoms with Crippen molar-refractivity contribution in [2.24, 2.45) is 11.5 Å². The first-order chi connectivity index (χ1) is 9.58. The molecule has 2 nitrogen and oxygen atoms in total. The van der Waals surface area contributed by atoms with Crippen molar-refractivity contribution in [3.05, 3.63) is 71.8 Å². The molecule has 0 spiro atoms. The van der Waals surface area contributed by atoms with Crippen molar-refractivity contribution in [2.75, 3.05) is 0 Å². The predicted octanol–water partition coefficient (Wildman–Crippen LogP) is 3.15. The van der Waals surface area contributed by atoms with Gasteiger partial charge in [-0.1, -0.05) is 60.7 Å². The summed E-state index contributed by atoms with van der Waals surface area (Å²) < 4.78 is 0. The second-order valence-electron chi connectivity index (χ2n) is 5.33. The van der Waals surface area contributed by atoms with Gasteiger partial charge in [-0.15, -0.1) is 0 Å². The fourth-order valence-corrected chi connectivity index (χ4v) is 1.97. The SMILES string of the molecule is CC(N)Cc1ccccc1.C[C@H](N)Cc1ccccc1. The van der Waals surface area contributed by atoms with E-state index >= 15 is 0 Å². The molecule has 0 aromatic heterocycles. The van der Waals surface area contributed by atoms with E-state index in [2.05, 4.69) is 24.3 Å². The lowest BCUT2D eigenvalue weighted by molar-refractivity contribution is 0.738. The molecule has 20 heavy (non-hydrogen) atoms. The Kier molecular flexibility index (Phi) is 7.63.